The fourth-order valence-corrected chi connectivity index (χ4v) is 2.72. The third kappa shape index (κ3) is 4.60. The molecule has 1 aliphatic rings. The average Bonchev–Trinajstić information content (AvgIpc) is 2.39. The first-order valence-corrected chi connectivity index (χ1v) is 7.34. The number of benzene rings is 1. The van der Waals surface area contributed by atoms with Crippen LogP contribution >= 0.6 is 15.9 Å². The Morgan fingerprint density at radius 2 is 2.24 bits per heavy atom. The molecule has 21 heavy (non-hydrogen) atoms. The van der Waals surface area contributed by atoms with Crippen molar-refractivity contribution in [2.24, 2.45) is 0 Å². The molecule has 0 atom stereocenters. The minimum absolute atomic E-state index is 0.0371. The van der Waals surface area contributed by atoms with Crippen LogP contribution in [0.2, 0.25) is 0 Å². The summed E-state index contributed by atoms with van der Waals surface area (Å²) < 4.78 is 32.4. The summed E-state index contributed by atoms with van der Waals surface area (Å²) in [5.41, 5.74) is -0.0371. The molecule has 1 fully saturated rings. The predicted molar refractivity (Wildman–Crippen MR) is 76.9 cm³/mol. The van der Waals surface area contributed by atoms with Crippen molar-refractivity contribution in [2.45, 2.75) is 18.8 Å². The number of likely N-dealkylation sites (tertiary alicyclic amines) is 1. The molecule has 0 amide bonds. The van der Waals surface area contributed by atoms with E-state index in [1.54, 1.807) is 4.90 Å². The molecule has 8 heteroatoms. The summed E-state index contributed by atoms with van der Waals surface area (Å²) in [5, 5.41) is 10.6. The van der Waals surface area contributed by atoms with Gasteiger partial charge in [-0.3, -0.25) is 15.0 Å². The summed E-state index contributed by atoms with van der Waals surface area (Å²) in [6, 6.07) is 4.19. The van der Waals surface area contributed by atoms with Gasteiger partial charge >= 0.3 is 0 Å². The molecule has 0 unspecified atom stereocenters. The molecular formula is C13H15BrF2N2O3. The maximum Gasteiger partial charge on any atom is 0.270 e. The number of halogens is 3. The van der Waals surface area contributed by atoms with Crippen molar-refractivity contribution in [3.05, 3.63) is 32.8 Å². The molecule has 0 aromatic heterocycles. The lowest BCUT2D eigenvalue weighted by Crippen LogP contribution is -2.44. The van der Waals surface area contributed by atoms with Crippen molar-refractivity contribution >= 4 is 21.6 Å². The van der Waals surface area contributed by atoms with E-state index in [1.807, 2.05) is 0 Å². The number of non-ortho nitro benzene ring substituents is 1. The van der Waals surface area contributed by atoms with Gasteiger partial charge in [-0.05, 0) is 35.0 Å². The number of alkyl halides is 2. The first-order valence-electron chi connectivity index (χ1n) is 6.54. The molecule has 0 bridgehead atoms. The molecule has 5 nitrogen and oxygen atoms in total. The zero-order valence-corrected chi connectivity index (χ0v) is 12.8. The van der Waals surface area contributed by atoms with Crippen LogP contribution in [0.25, 0.3) is 0 Å². The van der Waals surface area contributed by atoms with Crippen LogP contribution in [-0.2, 0) is 0 Å². The number of piperidine rings is 1. The fourth-order valence-electron chi connectivity index (χ4n) is 2.24. The van der Waals surface area contributed by atoms with Crippen LogP contribution in [0.4, 0.5) is 14.5 Å². The Kier molecular flexibility index (Phi) is 5.10. The highest BCUT2D eigenvalue weighted by Crippen LogP contribution is 2.29. The molecule has 1 aromatic rings. The highest BCUT2D eigenvalue weighted by atomic mass is 79.9. The second-order valence-electron chi connectivity index (χ2n) is 4.96. The lowest BCUT2D eigenvalue weighted by molar-refractivity contribution is -0.385. The first-order chi connectivity index (χ1) is 9.87. The molecule has 1 heterocycles. The third-order valence-corrected chi connectivity index (χ3v) is 3.88. The van der Waals surface area contributed by atoms with Crippen molar-refractivity contribution in [3.8, 4) is 5.75 Å². The monoisotopic (exact) mass is 364 g/mol. The van der Waals surface area contributed by atoms with Crippen molar-refractivity contribution in [2.75, 3.05) is 26.2 Å². The van der Waals surface area contributed by atoms with Crippen LogP contribution in [0, 0.1) is 10.1 Å². The van der Waals surface area contributed by atoms with Gasteiger partial charge in [0.05, 0.1) is 15.9 Å². The summed E-state index contributed by atoms with van der Waals surface area (Å²) >= 11 is 3.20. The highest BCUT2D eigenvalue weighted by Gasteiger charge is 2.34. The van der Waals surface area contributed by atoms with Gasteiger partial charge in [-0.25, -0.2) is 8.78 Å². The number of nitrogens with zero attached hydrogens (tertiary/aromatic N) is 2. The van der Waals surface area contributed by atoms with Crippen molar-refractivity contribution < 1.29 is 18.4 Å². The summed E-state index contributed by atoms with van der Waals surface area (Å²) in [6.07, 6.45) is 0.423. The van der Waals surface area contributed by atoms with E-state index in [1.165, 1.54) is 18.2 Å². The van der Waals surface area contributed by atoms with Gasteiger partial charge in [0, 0.05) is 25.1 Å². The van der Waals surface area contributed by atoms with E-state index in [4.69, 9.17) is 4.74 Å². The molecule has 0 saturated carbocycles. The molecule has 0 aliphatic carbocycles. The van der Waals surface area contributed by atoms with E-state index in [-0.39, 0.29) is 25.3 Å². The second-order valence-corrected chi connectivity index (χ2v) is 5.81. The molecule has 1 saturated heterocycles. The van der Waals surface area contributed by atoms with Gasteiger partial charge in [-0.1, -0.05) is 0 Å². The van der Waals surface area contributed by atoms with Crippen molar-refractivity contribution in [1.29, 1.82) is 0 Å². The predicted octanol–water partition coefficient (Wildman–Crippen LogP) is 3.47. The normalized spacial score (nSPS) is 18.4. The van der Waals surface area contributed by atoms with Crippen molar-refractivity contribution in [3.63, 3.8) is 0 Å². The molecule has 1 aliphatic heterocycles. The number of rotatable bonds is 5. The Balaban J connectivity index is 1.85. The van der Waals surface area contributed by atoms with Crippen molar-refractivity contribution in [1.82, 2.24) is 4.90 Å². The number of nitro benzene ring substituents is 1. The van der Waals surface area contributed by atoms with Gasteiger partial charge in [0.25, 0.3) is 11.6 Å². The Morgan fingerprint density at radius 3 is 2.86 bits per heavy atom. The quantitative estimate of drug-likeness (QED) is 0.592. The lowest BCUT2D eigenvalue weighted by Gasteiger charge is -2.32. The van der Waals surface area contributed by atoms with E-state index in [2.05, 4.69) is 15.9 Å². The average molecular weight is 365 g/mol. The zero-order valence-electron chi connectivity index (χ0n) is 11.2. The van der Waals surface area contributed by atoms with E-state index < -0.39 is 10.8 Å². The van der Waals surface area contributed by atoms with Crippen LogP contribution in [-0.4, -0.2) is 42.0 Å². The Labute approximate surface area is 129 Å². The van der Waals surface area contributed by atoms with Gasteiger partial charge in [0.15, 0.2) is 0 Å². The minimum Gasteiger partial charge on any atom is -0.491 e. The summed E-state index contributed by atoms with van der Waals surface area (Å²) in [6.45, 7) is 1.06. The van der Waals surface area contributed by atoms with E-state index in [0.717, 1.165) is 0 Å². The summed E-state index contributed by atoms with van der Waals surface area (Å²) in [4.78, 5) is 11.8. The zero-order chi connectivity index (χ0) is 15.5. The highest BCUT2D eigenvalue weighted by molar-refractivity contribution is 9.10. The van der Waals surface area contributed by atoms with Crippen LogP contribution in [0.1, 0.15) is 12.8 Å². The lowest BCUT2D eigenvalue weighted by atomic mass is 10.1. The van der Waals surface area contributed by atoms with Crippen LogP contribution < -0.4 is 4.74 Å². The fraction of sp³-hybridized carbons (Fsp3) is 0.538. The Bertz CT molecular complexity index is 528. The number of hydrogen-bond acceptors (Lipinski definition) is 4. The molecule has 1 aromatic carbocycles. The Hall–Kier alpha value is -1.28. The molecular weight excluding hydrogens is 350 g/mol. The third-order valence-electron chi connectivity index (χ3n) is 3.26. The van der Waals surface area contributed by atoms with Gasteiger partial charge in [0.1, 0.15) is 12.4 Å². The molecule has 116 valence electrons. The largest absolute Gasteiger partial charge is 0.491 e. The minimum atomic E-state index is -2.62. The second kappa shape index (κ2) is 6.65. The number of hydrogen-bond donors (Lipinski definition) is 0. The number of nitro groups is 1. The molecule has 0 spiro atoms. The standard InChI is InChI=1S/C13H15BrF2N2O3/c14-11-8-10(18(19)20)2-3-12(11)21-7-6-17-5-1-4-13(15,16)9-17/h2-3,8H,1,4-7,9H2. The SMILES string of the molecule is O=[N+]([O-])c1ccc(OCCN2CCCC(F)(F)C2)c(Br)c1. The van der Waals surface area contributed by atoms with Gasteiger partial charge in [-0.2, -0.15) is 0 Å². The molecule has 0 N–H and O–H groups in total. The van der Waals surface area contributed by atoms with Crippen LogP contribution in [0.3, 0.4) is 0 Å². The van der Waals surface area contributed by atoms with E-state index >= 15 is 0 Å². The Morgan fingerprint density at radius 1 is 1.48 bits per heavy atom. The maximum atomic E-state index is 13.2. The first kappa shape index (κ1) is 16.1. The van der Waals surface area contributed by atoms with Crippen LogP contribution in [0.15, 0.2) is 22.7 Å². The summed E-state index contributed by atoms with van der Waals surface area (Å²) in [5.74, 6) is -2.16. The topological polar surface area (TPSA) is 55.6 Å². The number of ether oxygens (including phenoxy) is 1. The molecule has 0 radical (unpaired) electrons. The van der Waals surface area contributed by atoms with E-state index in [9.17, 15) is 18.9 Å². The van der Waals surface area contributed by atoms with Gasteiger partial charge < -0.3 is 4.74 Å². The van der Waals surface area contributed by atoms with Gasteiger partial charge in [-0.15, -0.1) is 0 Å². The summed E-state index contributed by atoms with van der Waals surface area (Å²) in [7, 11) is 0. The van der Waals surface area contributed by atoms with E-state index in [0.29, 0.717) is 29.7 Å². The molecule has 2 rings (SSSR count). The smallest absolute Gasteiger partial charge is 0.270 e. The van der Waals surface area contributed by atoms with Gasteiger partial charge in [0.2, 0.25) is 0 Å². The van der Waals surface area contributed by atoms with Crippen LogP contribution in [0.5, 0.6) is 5.75 Å². The maximum absolute atomic E-state index is 13.2.